The van der Waals surface area contributed by atoms with Crippen LogP contribution in [0.4, 0.5) is 5.69 Å². The Morgan fingerprint density at radius 3 is 3.14 bits per heavy atom. The molecular weight excluding hydrogens is 176 g/mol. The average molecular weight is 184 g/mol. The second-order valence-corrected chi connectivity index (χ2v) is 3.07. The van der Waals surface area contributed by atoms with Gasteiger partial charge >= 0.3 is 0 Å². The quantitative estimate of drug-likeness (QED) is 0.678. The third-order valence-corrected chi connectivity index (χ3v) is 2.23. The first kappa shape index (κ1) is 7.32. The number of rotatable bonds is 0. The summed E-state index contributed by atoms with van der Waals surface area (Å²) in [6.45, 7) is 0. The van der Waals surface area contributed by atoms with E-state index in [1.807, 2.05) is 36.7 Å². The molecule has 0 saturated heterocycles. The fraction of sp³-hybridized carbons (Fsp3) is 0. The summed E-state index contributed by atoms with van der Waals surface area (Å²) in [7, 11) is 0. The van der Waals surface area contributed by atoms with Gasteiger partial charge in [0.05, 0.1) is 11.9 Å². The molecule has 2 heterocycles. The molecule has 1 aliphatic heterocycles. The van der Waals surface area contributed by atoms with Crippen molar-refractivity contribution in [3.63, 3.8) is 0 Å². The lowest BCUT2D eigenvalue weighted by atomic mass is 10.1. The van der Waals surface area contributed by atoms with Gasteiger partial charge in [-0.05, 0) is 6.07 Å². The third-order valence-electron chi connectivity index (χ3n) is 2.23. The van der Waals surface area contributed by atoms with Crippen LogP contribution in [-0.2, 0) is 0 Å². The Kier molecular flexibility index (Phi) is 1.41. The van der Waals surface area contributed by atoms with Crippen molar-refractivity contribution in [2.45, 2.75) is 0 Å². The lowest BCUT2D eigenvalue weighted by Crippen LogP contribution is -1.90. The summed E-state index contributed by atoms with van der Waals surface area (Å²) in [6, 6.07) is 8.08. The summed E-state index contributed by atoms with van der Waals surface area (Å²) in [6.07, 6.45) is 5.46. The number of benzene rings is 1. The highest BCUT2D eigenvalue weighted by atomic mass is 15.4. The van der Waals surface area contributed by atoms with Crippen LogP contribution in [0.15, 0.2) is 36.7 Å². The molecule has 0 unspecified atom stereocenters. The van der Waals surface area contributed by atoms with Crippen LogP contribution in [0.3, 0.4) is 0 Å². The van der Waals surface area contributed by atoms with Crippen LogP contribution in [-0.4, -0.2) is 15.0 Å². The molecule has 2 aromatic rings. The van der Waals surface area contributed by atoms with E-state index in [-0.39, 0.29) is 0 Å². The molecule has 1 N–H and O–H groups in total. The minimum Gasteiger partial charge on any atom is -0.360 e. The summed E-state index contributed by atoms with van der Waals surface area (Å²) in [4.78, 5) is 0. The first-order chi connectivity index (χ1) is 6.95. The molecule has 0 atom stereocenters. The molecule has 4 nitrogen and oxygen atoms in total. The SMILES string of the molecule is C1=Cn2nncc2-c2ccccc2N1. The molecule has 0 bridgehead atoms. The van der Waals surface area contributed by atoms with Crippen molar-refractivity contribution in [2.24, 2.45) is 0 Å². The highest BCUT2D eigenvalue weighted by molar-refractivity contribution is 5.78. The van der Waals surface area contributed by atoms with E-state index >= 15 is 0 Å². The molecule has 0 amide bonds. The van der Waals surface area contributed by atoms with Crippen molar-refractivity contribution >= 4 is 11.9 Å². The Bertz CT molecular complexity index is 498. The predicted octanol–water partition coefficient (Wildman–Crippen LogP) is 1.80. The van der Waals surface area contributed by atoms with Gasteiger partial charge in [-0.1, -0.05) is 23.4 Å². The average Bonchev–Trinajstić information content (AvgIpc) is 2.61. The van der Waals surface area contributed by atoms with Gasteiger partial charge in [0.2, 0.25) is 0 Å². The molecule has 0 radical (unpaired) electrons. The summed E-state index contributed by atoms with van der Waals surface area (Å²) < 4.78 is 1.75. The van der Waals surface area contributed by atoms with Gasteiger partial charge in [0.15, 0.2) is 0 Å². The highest BCUT2D eigenvalue weighted by Crippen LogP contribution is 2.28. The summed E-state index contributed by atoms with van der Waals surface area (Å²) in [5.41, 5.74) is 3.19. The highest BCUT2D eigenvalue weighted by Gasteiger charge is 2.10. The van der Waals surface area contributed by atoms with Gasteiger partial charge in [-0.15, -0.1) is 5.10 Å². The Morgan fingerprint density at radius 2 is 2.14 bits per heavy atom. The largest absolute Gasteiger partial charge is 0.360 e. The summed E-state index contributed by atoms with van der Waals surface area (Å²) >= 11 is 0. The van der Waals surface area contributed by atoms with E-state index in [0.717, 1.165) is 16.9 Å². The van der Waals surface area contributed by atoms with E-state index in [2.05, 4.69) is 15.6 Å². The van der Waals surface area contributed by atoms with Crippen molar-refractivity contribution in [2.75, 3.05) is 5.32 Å². The van der Waals surface area contributed by atoms with Crippen molar-refractivity contribution < 1.29 is 0 Å². The van der Waals surface area contributed by atoms with E-state index in [1.165, 1.54) is 0 Å². The molecule has 68 valence electrons. The van der Waals surface area contributed by atoms with E-state index in [9.17, 15) is 0 Å². The number of nitrogens with one attached hydrogen (secondary N) is 1. The van der Waals surface area contributed by atoms with Gasteiger partial charge in [0.1, 0.15) is 0 Å². The zero-order valence-corrected chi connectivity index (χ0v) is 7.38. The molecule has 1 aromatic heterocycles. The number of nitrogens with zero attached hydrogens (tertiary/aromatic N) is 3. The Hall–Kier alpha value is -2.10. The van der Waals surface area contributed by atoms with Crippen LogP contribution in [0.1, 0.15) is 0 Å². The molecule has 0 fully saturated rings. The van der Waals surface area contributed by atoms with Crippen LogP contribution in [0.2, 0.25) is 0 Å². The monoisotopic (exact) mass is 184 g/mol. The Morgan fingerprint density at radius 1 is 1.21 bits per heavy atom. The Balaban J connectivity index is 2.33. The predicted molar refractivity (Wildman–Crippen MR) is 54.4 cm³/mol. The molecule has 0 saturated carbocycles. The van der Waals surface area contributed by atoms with Crippen molar-refractivity contribution in [3.8, 4) is 11.3 Å². The number of hydrogen-bond acceptors (Lipinski definition) is 3. The van der Waals surface area contributed by atoms with Gasteiger partial charge in [-0.25, -0.2) is 4.68 Å². The standard InChI is InChI=1S/C10H8N4/c1-2-4-9-8(3-1)10-7-12-13-14(10)6-5-11-9/h1-7,11H. The van der Waals surface area contributed by atoms with E-state index in [4.69, 9.17) is 0 Å². The van der Waals surface area contributed by atoms with E-state index < -0.39 is 0 Å². The van der Waals surface area contributed by atoms with Crippen LogP contribution in [0, 0.1) is 0 Å². The number of hydrogen-bond donors (Lipinski definition) is 1. The smallest absolute Gasteiger partial charge is 0.0958 e. The second kappa shape index (κ2) is 2.70. The van der Waals surface area contributed by atoms with Gasteiger partial charge in [-0.3, -0.25) is 0 Å². The van der Waals surface area contributed by atoms with Crippen molar-refractivity contribution in [1.29, 1.82) is 0 Å². The van der Waals surface area contributed by atoms with Crippen LogP contribution in [0.5, 0.6) is 0 Å². The van der Waals surface area contributed by atoms with Crippen LogP contribution in [0.25, 0.3) is 17.5 Å². The summed E-state index contributed by atoms with van der Waals surface area (Å²) in [5, 5.41) is 11.0. The maximum atomic E-state index is 3.96. The number of anilines is 1. The first-order valence-corrected chi connectivity index (χ1v) is 4.38. The maximum absolute atomic E-state index is 3.96. The number of fused-ring (bicyclic) bond motifs is 3. The van der Waals surface area contributed by atoms with Crippen molar-refractivity contribution in [3.05, 3.63) is 36.7 Å². The normalized spacial score (nSPS) is 12.6. The molecule has 0 spiro atoms. The summed E-state index contributed by atoms with van der Waals surface area (Å²) in [5.74, 6) is 0. The molecule has 1 aliphatic rings. The lowest BCUT2D eigenvalue weighted by molar-refractivity contribution is 0.845. The number of para-hydroxylation sites is 1. The molecule has 4 heteroatoms. The minimum absolute atomic E-state index is 1.00. The zero-order chi connectivity index (χ0) is 9.38. The Labute approximate surface area is 80.9 Å². The van der Waals surface area contributed by atoms with Crippen LogP contribution >= 0.6 is 0 Å². The fourth-order valence-corrected chi connectivity index (χ4v) is 1.58. The second-order valence-electron chi connectivity index (χ2n) is 3.07. The molecule has 14 heavy (non-hydrogen) atoms. The minimum atomic E-state index is 1.00. The molecule has 3 rings (SSSR count). The lowest BCUT2D eigenvalue weighted by Gasteiger charge is -2.04. The van der Waals surface area contributed by atoms with Gasteiger partial charge in [0, 0.05) is 23.7 Å². The fourth-order valence-electron chi connectivity index (χ4n) is 1.58. The number of aromatic nitrogens is 3. The maximum Gasteiger partial charge on any atom is 0.0958 e. The van der Waals surface area contributed by atoms with Gasteiger partial charge in [0.25, 0.3) is 0 Å². The molecular formula is C10H8N4. The van der Waals surface area contributed by atoms with E-state index in [1.54, 1.807) is 10.9 Å². The van der Waals surface area contributed by atoms with Gasteiger partial charge < -0.3 is 5.32 Å². The topological polar surface area (TPSA) is 42.7 Å². The van der Waals surface area contributed by atoms with Crippen molar-refractivity contribution in [1.82, 2.24) is 15.0 Å². The molecule has 1 aromatic carbocycles. The van der Waals surface area contributed by atoms with Gasteiger partial charge in [-0.2, -0.15) is 0 Å². The first-order valence-electron chi connectivity index (χ1n) is 4.38. The third kappa shape index (κ3) is 0.939. The zero-order valence-electron chi connectivity index (χ0n) is 7.38. The van der Waals surface area contributed by atoms with E-state index in [0.29, 0.717) is 0 Å². The molecule has 0 aliphatic carbocycles. The van der Waals surface area contributed by atoms with Crippen LogP contribution < -0.4 is 5.32 Å².